The monoisotopic (exact) mass is 245 g/mol. The summed E-state index contributed by atoms with van der Waals surface area (Å²) in [7, 11) is 2.12. The van der Waals surface area contributed by atoms with Crippen LogP contribution in [0.15, 0.2) is 0 Å². The lowest BCUT2D eigenvalue weighted by Gasteiger charge is -2.30. The summed E-state index contributed by atoms with van der Waals surface area (Å²) in [6.07, 6.45) is 2.60. The number of ether oxygens (including phenoxy) is 1. The van der Waals surface area contributed by atoms with Crippen molar-refractivity contribution in [2.24, 2.45) is 0 Å². The second kappa shape index (κ2) is 7.81. The van der Waals surface area contributed by atoms with Crippen LogP contribution in [0.3, 0.4) is 0 Å². The van der Waals surface area contributed by atoms with Crippen LogP contribution in [0.25, 0.3) is 0 Å². The molecule has 1 aliphatic heterocycles. The Morgan fingerprint density at radius 2 is 2.31 bits per heavy atom. The predicted octanol–water partition coefficient (Wildman–Crippen LogP) is 0.581. The SMILES string of the molecule is CCCCNC(=S)NCC1CN(C)CCO1. The smallest absolute Gasteiger partial charge is 0.166 e. The van der Waals surface area contributed by atoms with Crippen LogP contribution < -0.4 is 10.6 Å². The maximum Gasteiger partial charge on any atom is 0.166 e. The quantitative estimate of drug-likeness (QED) is 0.547. The van der Waals surface area contributed by atoms with E-state index < -0.39 is 0 Å². The largest absolute Gasteiger partial charge is 0.374 e. The fraction of sp³-hybridized carbons (Fsp3) is 0.909. The molecule has 2 N–H and O–H groups in total. The lowest BCUT2D eigenvalue weighted by molar-refractivity contribution is -0.0160. The van der Waals surface area contributed by atoms with E-state index in [9.17, 15) is 0 Å². The van der Waals surface area contributed by atoms with Crippen LogP contribution in [0.5, 0.6) is 0 Å². The standard InChI is InChI=1S/C11H23N3OS/c1-3-4-5-12-11(16)13-8-10-9-14(2)6-7-15-10/h10H,3-9H2,1-2H3,(H2,12,13,16). The lowest BCUT2D eigenvalue weighted by Crippen LogP contribution is -2.47. The number of nitrogens with one attached hydrogen (secondary N) is 2. The van der Waals surface area contributed by atoms with Crippen molar-refractivity contribution in [2.75, 3.05) is 39.8 Å². The van der Waals surface area contributed by atoms with Gasteiger partial charge in [0.1, 0.15) is 0 Å². The van der Waals surface area contributed by atoms with Crippen molar-refractivity contribution in [1.29, 1.82) is 0 Å². The minimum Gasteiger partial charge on any atom is -0.374 e. The van der Waals surface area contributed by atoms with E-state index in [1.807, 2.05) is 0 Å². The van der Waals surface area contributed by atoms with Gasteiger partial charge in [0.15, 0.2) is 5.11 Å². The molecule has 0 amide bonds. The number of hydrogen-bond donors (Lipinski definition) is 2. The maximum atomic E-state index is 5.63. The van der Waals surface area contributed by atoms with Gasteiger partial charge in [-0.15, -0.1) is 0 Å². The molecule has 1 heterocycles. The summed E-state index contributed by atoms with van der Waals surface area (Å²) in [5, 5.41) is 7.13. The molecule has 4 nitrogen and oxygen atoms in total. The second-order valence-electron chi connectivity index (χ2n) is 4.25. The van der Waals surface area contributed by atoms with Gasteiger partial charge in [-0.3, -0.25) is 0 Å². The molecule has 0 bridgehead atoms. The Balaban J connectivity index is 2.06. The zero-order chi connectivity index (χ0) is 11.8. The Hall–Kier alpha value is -0.390. The van der Waals surface area contributed by atoms with Crippen molar-refractivity contribution < 1.29 is 4.74 Å². The van der Waals surface area contributed by atoms with Crippen LogP contribution in [-0.2, 0) is 4.74 Å². The van der Waals surface area contributed by atoms with E-state index in [0.29, 0.717) is 0 Å². The Morgan fingerprint density at radius 1 is 1.50 bits per heavy atom. The van der Waals surface area contributed by atoms with Crippen molar-refractivity contribution in [3.8, 4) is 0 Å². The first-order valence-electron chi connectivity index (χ1n) is 6.04. The molecule has 0 spiro atoms. The summed E-state index contributed by atoms with van der Waals surface area (Å²) in [6, 6.07) is 0. The maximum absolute atomic E-state index is 5.63. The first-order valence-corrected chi connectivity index (χ1v) is 6.45. The van der Waals surface area contributed by atoms with E-state index in [1.54, 1.807) is 0 Å². The molecule has 0 radical (unpaired) electrons. The number of morpholine rings is 1. The molecule has 0 saturated carbocycles. The normalized spacial score (nSPS) is 21.8. The van der Waals surface area contributed by atoms with Gasteiger partial charge < -0.3 is 20.3 Å². The summed E-state index contributed by atoms with van der Waals surface area (Å²) in [5.41, 5.74) is 0. The van der Waals surface area contributed by atoms with Crippen LogP contribution >= 0.6 is 12.2 Å². The number of likely N-dealkylation sites (N-methyl/N-ethyl adjacent to an activating group) is 1. The highest BCUT2D eigenvalue weighted by molar-refractivity contribution is 7.80. The molecular formula is C11H23N3OS. The van der Waals surface area contributed by atoms with Crippen molar-refractivity contribution in [1.82, 2.24) is 15.5 Å². The molecule has 94 valence electrons. The van der Waals surface area contributed by atoms with E-state index >= 15 is 0 Å². The van der Waals surface area contributed by atoms with Gasteiger partial charge in [-0.05, 0) is 25.7 Å². The molecule has 5 heteroatoms. The summed E-state index contributed by atoms with van der Waals surface area (Å²) in [4.78, 5) is 2.28. The zero-order valence-corrected chi connectivity index (χ0v) is 11.1. The molecular weight excluding hydrogens is 222 g/mol. The minimum atomic E-state index is 0.254. The van der Waals surface area contributed by atoms with Gasteiger partial charge in [0, 0.05) is 26.2 Å². The van der Waals surface area contributed by atoms with E-state index in [1.165, 1.54) is 6.42 Å². The van der Waals surface area contributed by atoms with Crippen LogP contribution in [0.2, 0.25) is 0 Å². The van der Waals surface area contributed by atoms with Crippen LogP contribution in [-0.4, -0.2) is 55.9 Å². The fourth-order valence-electron chi connectivity index (χ4n) is 1.64. The first kappa shape index (κ1) is 13.7. The molecule has 0 aromatic carbocycles. The average molecular weight is 245 g/mol. The molecule has 0 aromatic heterocycles. The molecule has 0 aromatic rings. The summed E-state index contributed by atoms with van der Waals surface area (Å²) < 4.78 is 5.63. The Labute approximate surface area is 104 Å². The van der Waals surface area contributed by atoms with Gasteiger partial charge in [-0.2, -0.15) is 0 Å². The number of hydrogen-bond acceptors (Lipinski definition) is 3. The van der Waals surface area contributed by atoms with E-state index in [-0.39, 0.29) is 6.10 Å². The zero-order valence-electron chi connectivity index (χ0n) is 10.3. The number of rotatable bonds is 5. The topological polar surface area (TPSA) is 36.5 Å². The van der Waals surface area contributed by atoms with Gasteiger partial charge in [0.05, 0.1) is 12.7 Å². The minimum absolute atomic E-state index is 0.254. The molecule has 1 saturated heterocycles. The molecule has 1 fully saturated rings. The molecule has 1 unspecified atom stereocenters. The molecule has 16 heavy (non-hydrogen) atoms. The summed E-state index contributed by atoms with van der Waals surface area (Å²) >= 11 is 5.17. The first-order chi connectivity index (χ1) is 7.72. The average Bonchev–Trinajstić information content (AvgIpc) is 2.27. The van der Waals surface area contributed by atoms with Gasteiger partial charge >= 0.3 is 0 Å². The predicted molar refractivity (Wildman–Crippen MR) is 70.7 cm³/mol. The van der Waals surface area contributed by atoms with Crippen molar-refractivity contribution in [3.05, 3.63) is 0 Å². The summed E-state index contributed by atoms with van der Waals surface area (Å²) in [6.45, 7) is 6.74. The van der Waals surface area contributed by atoms with Crippen molar-refractivity contribution >= 4 is 17.3 Å². The van der Waals surface area contributed by atoms with E-state index in [2.05, 4.69) is 29.5 Å². The Morgan fingerprint density at radius 3 is 3.00 bits per heavy atom. The van der Waals surface area contributed by atoms with Gasteiger partial charge in [-0.25, -0.2) is 0 Å². The number of thiocarbonyl (C=S) groups is 1. The fourth-order valence-corrected chi connectivity index (χ4v) is 1.82. The van der Waals surface area contributed by atoms with Gasteiger partial charge in [0.25, 0.3) is 0 Å². The number of unbranched alkanes of at least 4 members (excludes halogenated alkanes) is 1. The highest BCUT2D eigenvalue weighted by Crippen LogP contribution is 2.01. The Kier molecular flexibility index (Phi) is 6.68. The van der Waals surface area contributed by atoms with Gasteiger partial charge in [0.2, 0.25) is 0 Å². The third-order valence-electron chi connectivity index (χ3n) is 2.65. The van der Waals surface area contributed by atoms with Crippen LogP contribution in [0.4, 0.5) is 0 Å². The highest BCUT2D eigenvalue weighted by atomic mass is 32.1. The highest BCUT2D eigenvalue weighted by Gasteiger charge is 2.17. The van der Waals surface area contributed by atoms with Gasteiger partial charge in [-0.1, -0.05) is 13.3 Å². The lowest BCUT2D eigenvalue weighted by atomic mass is 10.3. The third-order valence-corrected chi connectivity index (χ3v) is 2.94. The second-order valence-corrected chi connectivity index (χ2v) is 4.65. The van der Waals surface area contributed by atoms with E-state index in [4.69, 9.17) is 17.0 Å². The van der Waals surface area contributed by atoms with E-state index in [0.717, 1.165) is 44.3 Å². The molecule has 1 rings (SSSR count). The van der Waals surface area contributed by atoms with Crippen LogP contribution in [0.1, 0.15) is 19.8 Å². The van der Waals surface area contributed by atoms with Crippen molar-refractivity contribution in [2.45, 2.75) is 25.9 Å². The summed E-state index contributed by atoms with van der Waals surface area (Å²) in [5.74, 6) is 0. The number of nitrogens with zero attached hydrogens (tertiary/aromatic N) is 1. The third kappa shape index (κ3) is 5.63. The molecule has 0 aliphatic carbocycles. The van der Waals surface area contributed by atoms with Crippen molar-refractivity contribution in [3.63, 3.8) is 0 Å². The van der Waals surface area contributed by atoms with Crippen LogP contribution in [0, 0.1) is 0 Å². The molecule has 1 atom stereocenters. The Bertz CT molecular complexity index is 213. The molecule has 1 aliphatic rings.